The summed E-state index contributed by atoms with van der Waals surface area (Å²) in [5.41, 5.74) is 0.951. The molecule has 0 radical (unpaired) electrons. The van der Waals surface area contributed by atoms with Crippen molar-refractivity contribution in [2.24, 2.45) is 0 Å². The van der Waals surface area contributed by atoms with E-state index in [1.54, 1.807) is 24.3 Å². The molecule has 1 N–H and O–H groups in total. The predicted octanol–water partition coefficient (Wildman–Crippen LogP) is 3.00. The lowest BCUT2D eigenvalue weighted by Gasteiger charge is -2.06. The van der Waals surface area contributed by atoms with Crippen molar-refractivity contribution in [3.63, 3.8) is 0 Å². The van der Waals surface area contributed by atoms with Crippen LogP contribution < -0.4 is 5.32 Å². The molecule has 0 unspecified atom stereocenters. The van der Waals surface area contributed by atoms with E-state index in [-0.39, 0.29) is 10.8 Å². The number of anilines is 1. The smallest absolute Gasteiger partial charge is 0.255 e. The summed E-state index contributed by atoms with van der Waals surface area (Å²) in [7, 11) is -3.26. The summed E-state index contributed by atoms with van der Waals surface area (Å²) in [6.45, 7) is 0. The van der Waals surface area contributed by atoms with Gasteiger partial charge in [0.15, 0.2) is 9.84 Å². The zero-order chi connectivity index (χ0) is 14.8. The van der Waals surface area contributed by atoms with Crippen LogP contribution in [0.25, 0.3) is 0 Å². The van der Waals surface area contributed by atoms with Crippen LogP contribution in [-0.2, 0) is 9.84 Å². The summed E-state index contributed by atoms with van der Waals surface area (Å²) in [6, 6.07) is 12.5. The Morgan fingerprint density at radius 3 is 2.30 bits per heavy atom. The lowest BCUT2D eigenvalue weighted by Crippen LogP contribution is -2.12. The molecule has 20 heavy (non-hydrogen) atoms. The van der Waals surface area contributed by atoms with Gasteiger partial charge in [-0.25, -0.2) is 8.42 Å². The molecule has 0 heterocycles. The second kappa shape index (κ2) is 5.64. The molecular formula is C14H12ClNO3S. The third kappa shape index (κ3) is 3.59. The Bertz CT molecular complexity index is 739. The molecule has 0 aromatic heterocycles. The second-order valence-electron chi connectivity index (χ2n) is 4.26. The summed E-state index contributed by atoms with van der Waals surface area (Å²) < 4.78 is 22.7. The standard InChI is InChI=1S/C14H12ClNO3S/c1-20(18,19)13-7-5-10(6-8-13)14(17)16-12-4-2-3-11(15)9-12/h2-9H,1H3,(H,16,17). The molecule has 2 rings (SSSR count). The number of carbonyl (C=O) groups excluding carboxylic acids is 1. The summed E-state index contributed by atoms with van der Waals surface area (Å²) in [4.78, 5) is 12.2. The molecule has 2 aromatic rings. The van der Waals surface area contributed by atoms with E-state index in [0.717, 1.165) is 6.26 Å². The van der Waals surface area contributed by atoms with Crippen LogP contribution in [0.1, 0.15) is 10.4 Å². The number of carbonyl (C=O) groups is 1. The molecule has 0 aliphatic heterocycles. The van der Waals surface area contributed by atoms with E-state index in [2.05, 4.69) is 5.32 Å². The number of halogens is 1. The van der Waals surface area contributed by atoms with E-state index < -0.39 is 9.84 Å². The van der Waals surface area contributed by atoms with E-state index >= 15 is 0 Å². The van der Waals surface area contributed by atoms with Gasteiger partial charge in [-0.05, 0) is 42.5 Å². The molecule has 0 bridgehead atoms. The van der Waals surface area contributed by atoms with Crippen LogP contribution in [0.3, 0.4) is 0 Å². The number of hydrogen-bond acceptors (Lipinski definition) is 3. The van der Waals surface area contributed by atoms with Crippen molar-refractivity contribution >= 4 is 33.0 Å². The molecule has 104 valence electrons. The number of amides is 1. The van der Waals surface area contributed by atoms with Gasteiger partial charge in [0, 0.05) is 22.5 Å². The zero-order valence-electron chi connectivity index (χ0n) is 10.6. The van der Waals surface area contributed by atoms with Crippen LogP contribution in [0, 0.1) is 0 Å². The van der Waals surface area contributed by atoms with Gasteiger partial charge < -0.3 is 5.32 Å². The molecule has 2 aromatic carbocycles. The van der Waals surface area contributed by atoms with Gasteiger partial charge in [0.2, 0.25) is 0 Å². The molecule has 4 nitrogen and oxygen atoms in total. The molecule has 0 spiro atoms. The third-order valence-electron chi connectivity index (χ3n) is 2.63. The molecule has 0 aliphatic rings. The van der Waals surface area contributed by atoms with Crippen LogP contribution in [0.2, 0.25) is 5.02 Å². The SMILES string of the molecule is CS(=O)(=O)c1ccc(C(=O)Nc2cccc(Cl)c2)cc1. The fourth-order valence-corrected chi connectivity index (χ4v) is 2.44. The maximum absolute atomic E-state index is 12.0. The Labute approximate surface area is 122 Å². The van der Waals surface area contributed by atoms with Gasteiger partial charge in [-0.1, -0.05) is 17.7 Å². The monoisotopic (exact) mass is 309 g/mol. The fourth-order valence-electron chi connectivity index (χ4n) is 1.62. The maximum Gasteiger partial charge on any atom is 0.255 e. The topological polar surface area (TPSA) is 63.2 Å². The highest BCUT2D eigenvalue weighted by Gasteiger charge is 2.10. The Balaban J connectivity index is 2.18. The van der Waals surface area contributed by atoms with Gasteiger partial charge in [-0.3, -0.25) is 4.79 Å². The first kappa shape index (κ1) is 14.6. The molecule has 0 fully saturated rings. The molecular weight excluding hydrogens is 298 g/mol. The molecule has 0 aliphatic carbocycles. The van der Waals surface area contributed by atoms with Crippen LogP contribution in [-0.4, -0.2) is 20.6 Å². The highest BCUT2D eigenvalue weighted by Crippen LogP contribution is 2.16. The maximum atomic E-state index is 12.0. The Kier molecular flexibility index (Phi) is 4.11. The molecule has 0 saturated carbocycles. The van der Waals surface area contributed by atoms with E-state index in [0.29, 0.717) is 16.3 Å². The largest absolute Gasteiger partial charge is 0.322 e. The van der Waals surface area contributed by atoms with Crippen molar-refractivity contribution in [1.82, 2.24) is 0 Å². The van der Waals surface area contributed by atoms with Crippen LogP contribution in [0.15, 0.2) is 53.4 Å². The summed E-state index contributed by atoms with van der Waals surface area (Å²) in [5, 5.41) is 3.21. The molecule has 6 heteroatoms. The van der Waals surface area contributed by atoms with E-state index in [1.807, 2.05) is 0 Å². The highest BCUT2D eigenvalue weighted by atomic mass is 35.5. The predicted molar refractivity (Wildman–Crippen MR) is 79.0 cm³/mol. The normalized spacial score (nSPS) is 11.1. The van der Waals surface area contributed by atoms with Crippen LogP contribution >= 0.6 is 11.6 Å². The summed E-state index contributed by atoms with van der Waals surface area (Å²) in [6.07, 6.45) is 1.12. The number of hydrogen-bond donors (Lipinski definition) is 1. The number of benzene rings is 2. The van der Waals surface area contributed by atoms with E-state index in [9.17, 15) is 13.2 Å². The van der Waals surface area contributed by atoms with Gasteiger partial charge in [0.25, 0.3) is 5.91 Å². The molecule has 0 saturated heterocycles. The van der Waals surface area contributed by atoms with Crippen molar-refractivity contribution in [2.45, 2.75) is 4.90 Å². The second-order valence-corrected chi connectivity index (χ2v) is 6.71. The first-order valence-corrected chi connectivity index (χ1v) is 8.00. The van der Waals surface area contributed by atoms with E-state index in [1.165, 1.54) is 24.3 Å². The zero-order valence-corrected chi connectivity index (χ0v) is 12.2. The lowest BCUT2D eigenvalue weighted by atomic mass is 10.2. The Morgan fingerprint density at radius 1 is 1.10 bits per heavy atom. The first-order chi connectivity index (χ1) is 9.36. The van der Waals surface area contributed by atoms with Crippen molar-refractivity contribution in [2.75, 3.05) is 11.6 Å². The highest BCUT2D eigenvalue weighted by molar-refractivity contribution is 7.90. The van der Waals surface area contributed by atoms with Gasteiger partial charge in [0.1, 0.15) is 0 Å². The Morgan fingerprint density at radius 2 is 1.75 bits per heavy atom. The first-order valence-electron chi connectivity index (χ1n) is 5.73. The molecule has 1 amide bonds. The lowest BCUT2D eigenvalue weighted by molar-refractivity contribution is 0.102. The van der Waals surface area contributed by atoms with Crippen LogP contribution in [0.4, 0.5) is 5.69 Å². The quantitative estimate of drug-likeness (QED) is 0.948. The van der Waals surface area contributed by atoms with Crippen molar-refractivity contribution in [3.8, 4) is 0 Å². The van der Waals surface area contributed by atoms with E-state index in [4.69, 9.17) is 11.6 Å². The summed E-state index contributed by atoms with van der Waals surface area (Å²) in [5.74, 6) is -0.327. The minimum atomic E-state index is -3.26. The fraction of sp³-hybridized carbons (Fsp3) is 0.0714. The van der Waals surface area contributed by atoms with Gasteiger partial charge >= 0.3 is 0 Å². The van der Waals surface area contributed by atoms with Crippen molar-refractivity contribution < 1.29 is 13.2 Å². The van der Waals surface area contributed by atoms with Gasteiger partial charge in [0.05, 0.1) is 4.90 Å². The average molecular weight is 310 g/mol. The number of rotatable bonds is 3. The number of nitrogens with one attached hydrogen (secondary N) is 1. The Hall–Kier alpha value is -1.85. The third-order valence-corrected chi connectivity index (χ3v) is 3.99. The van der Waals surface area contributed by atoms with Gasteiger partial charge in [-0.2, -0.15) is 0 Å². The minimum Gasteiger partial charge on any atom is -0.322 e. The van der Waals surface area contributed by atoms with Gasteiger partial charge in [-0.15, -0.1) is 0 Å². The van der Waals surface area contributed by atoms with Crippen molar-refractivity contribution in [1.29, 1.82) is 0 Å². The average Bonchev–Trinajstić information content (AvgIpc) is 2.38. The van der Waals surface area contributed by atoms with Crippen LogP contribution in [0.5, 0.6) is 0 Å². The minimum absolute atomic E-state index is 0.178. The number of sulfone groups is 1. The summed E-state index contributed by atoms with van der Waals surface area (Å²) >= 11 is 5.83. The van der Waals surface area contributed by atoms with Crippen molar-refractivity contribution in [3.05, 3.63) is 59.1 Å². The molecule has 0 atom stereocenters.